The van der Waals surface area contributed by atoms with E-state index in [9.17, 15) is 4.79 Å². The van der Waals surface area contributed by atoms with Crippen LogP contribution in [-0.2, 0) is 9.53 Å². The highest BCUT2D eigenvalue weighted by Crippen LogP contribution is 2.61. The van der Waals surface area contributed by atoms with E-state index < -0.39 is 0 Å². The van der Waals surface area contributed by atoms with Gasteiger partial charge in [0.25, 0.3) is 0 Å². The molecule has 4 aliphatic carbocycles. The van der Waals surface area contributed by atoms with Crippen LogP contribution in [0.15, 0.2) is 0 Å². The fourth-order valence-electron chi connectivity index (χ4n) is 6.15. The number of rotatable bonds is 7. The molecule has 0 amide bonds. The second-order valence-electron chi connectivity index (χ2n) is 8.93. The van der Waals surface area contributed by atoms with E-state index in [1.807, 2.05) is 0 Å². The Kier molecular flexibility index (Phi) is 4.79. The number of carbonyl (C=O) groups is 1. The summed E-state index contributed by atoms with van der Waals surface area (Å²) in [5, 5.41) is 0. The Labute approximate surface area is 142 Å². The molecule has 3 nitrogen and oxygen atoms in total. The lowest BCUT2D eigenvalue weighted by Gasteiger charge is -2.60. The van der Waals surface area contributed by atoms with Gasteiger partial charge in [0.05, 0.1) is 26.7 Å². The molecule has 0 heterocycles. The molecule has 4 bridgehead atoms. The van der Waals surface area contributed by atoms with E-state index in [-0.39, 0.29) is 11.6 Å². The van der Waals surface area contributed by atoms with Gasteiger partial charge in [0.1, 0.15) is 5.60 Å². The van der Waals surface area contributed by atoms with E-state index in [2.05, 4.69) is 20.9 Å². The van der Waals surface area contributed by atoms with E-state index in [1.165, 1.54) is 58.2 Å². The lowest BCUT2D eigenvalue weighted by molar-refractivity contribution is -0.906. The minimum Gasteiger partial charge on any atom is -0.459 e. The predicted molar refractivity (Wildman–Crippen MR) is 92.9 cm³/mol. The first-order valence-corrected chi connectivity index (χ1v) is 9.94. The van der Waals surface area contributed by atoms with E-state index >= 15 is 0 Å². The molecular formula is C20H36NO2+. The first-order valence-electron chi connectivity index (χ1n) is 9.94. The van der Waals surface area contributed by atoms with Gasteiger partial charge in [-0.05, 0) is 76.0 Å². The zero-order valence-corrected chi connectivity index (χ0v) is 15.6. The largest absolute Gasteiger partial charge is 0.459 e. The van der Waals surface area contributed by atoms with Crippen LogP contribution in [0.5, 0.6) is 0 Å². The van der Waals surface area contributed by atoms with Crippen LogP contribution in [0, 0.1) is 23.7 Å². The third kappa shape index (κ3) is 3.18. The summed E-state index contributed by atoms with van der Waals surface area (Å²) in [4.78, 5) is 11.9. The minimum absolute atomic E-state index is 0.0549. The molecule has 4 aliphatic rings. The maximum Gasteiger partial charge on any atom is 0.303 e. The maximum atomic E-state index is 11.9. The fraction of sp³-hybridized carbons (Fsp3) is 0.950. The monoisotopic (exact) mass is 322 g/mol. The summed E-state index contributed by atoms with van der Waals surface area (Å²) in [6.45, 7) is 9.78. The normalized spacial score (nSPS) is 38.8. The number of esters is 1. The highest BCUT2D eigenvalue weighted by Gasteiger charge is 2.58. The van der Waals surface area contributed by atoms with Crippen LogP contribution in [0.3, 0.4) is 0 Å². The summed E-state index contributed by atoms with van der Waals surface area (Å²) >= 11 is 0. The molecular weight excluding hydrogens is 286 g/mol. The summed E-state index contributed by atoms with van der Waals surface area (Å²) < 4.78 is 7.29. The lowest BCUT2D eigenvalue weighted by Crippen LogP contribution is -2.60. The van der Waals surface area contributed by atoms with Gasteiger partial charge < -0.3 is 9.22 Å². The Morgan fingerprint density at radius 1 is 1.04 bits per heavy atom. The van der Waals surface area contributed by atoms with E-state index in [0.717, 1.165) is 22.7 Å². The third-order valence-electron chi connectivity index (χ3n) is 7.65. The van der Waals surface area contributed by atoms with Crippen molar-refractivity contribution >= 4 is 5.97 Å². The Hall–Kier alpha value is -0.570. The number of ether oxygens (including phenoxy) is 1. The number of nitrogens with zero attached hydrogens (tertiary/aromatic N) is 1. The van der Waals surface area contributed by atoms with Crippen molar-refractivity contribution in [2.45, 2.75) is 71.3 Å². The molecule has 23 heavy (non-hydrogen) atoms. The number of carbonyl (C=O) groups excluding carboxylic acids is 1. The molecule has 132 valence electrons. The third-order valence-corrected chi connectivity index (χ3v) is 7.65. The molecule has 0 aromatic heterocycles. The smallest absolute Gasteiger partial charge is 0.303 e. The first-order chi connectivity index (χ1) is 10.9. The van der Waals surface area contributed by atoms with Crippen molar-refractivity contribution in [3.05, 3.63) is 0 Å². The standard InChI is InChI=1S/C20H36NO2/c1-5-21(4,6-2)9-7-8-20(23-15(3)22)18-11-16-10-17(13-18)14-19(20)12-16/h16-19H,5-14H2,1-4H3/q+1. The van der Waals surface area contributed by atoms with Crippen molar-refractivity contribution in [3.8, 4) is 0 Å². The molecule has 3 heteroatoms. The van der Waals surface area contributed by atoms with Crippen molar-refractivity contribution in [2.75, 3.05) is 26.7 Å². The predicted octanol–water partition coefficient (Wildman–Crippen LogP) is 4.01. The number of hydrogen-bond donors (Lipinski definition) is 0. The average molecular weight is 323 g/mol. The van der Waals surface area contributed by atoms with Gasteiger partial charge in [-0.15, -0.1) is 0 Å². The van der Waals surface area contributed by atoms with Crippen LogP contribution in [0.2, 0.25) is 0 Å². The zero-order chi connectivity index (χ0) is 16.7. The van der Waals surface area contributed by atoms with Gasteiger partial charge in [-0.2, -0.15) is 0 Å². The molecule has 0 radical (unpaired) electrons. The molecule has 0 atom stereocenters. The second-order valence-corrected chi connectivity index (χ2v) is 8.93. The van der Waals surface area contributed by atoms with Crippen molar-refractivity contribution in [1.82, 2.24) is 0 Å². The molecule has 0 spiro atoms. The van der Waals surface area contributed by atoms with Crippen LogP contribution in [0.1, 0.15) is 65.7 Å². The minimum atomic E-state index is -0.119. The fourth-order valence-corrected chi connectivity index (χ4v) is 6.15. The molecule has 0 unspecified atom stereocenters. The molecule has 0 aromatic rings. The summed E-state index contributed by atoms with van der Waals surface area (Å²) in [5.41, 5.74) is -0.119. The highest BCUT2D eigenvalue weighted by molar-refractivity contribution is 5.66. The Bertz CT molecular complexity index is 413. The van der Waals surface area contributed by atoms with Gasteiger partial charge in [0.15, 0.2) is 0 Å². The Morgan fingerprint density at radius 3 is 2.00 bits per heavy atom. The van der Waals surface area contributed by atoms with Crippen molar-refractivity contribution in [2.24, 2.45) is 23.7 Å². The SMILES string of the molecule is CC[N+](C)(CC)CCCC1(OC(C)=O)C2CC3CC(C2)CC1C3. The molecule has 0 aliphatic heterocycles. The summed E-state index contributed by atoms with van der Waals surface area (Å²) in [6.07, 6.45) is 8.98. The second kappa shape index (κ2) is 6.38. The molecule has 0 saturated heterocycles. The first kappa shape index (κ1) is 17.3. The van der Waals surface area contributed by atoms with Gasteiger partial charge in [0.2, 0.25) is 0 Å². The quantitative estimate of drug-likeness (QED) is 0.523. The van der Waals surface area contributed by atoms with E-state index in [1.54, 1.807) is 6.92 Å². The van der Waals surface area contributed by atoms with Gasteiger partial charge in [-0.3, -0.25) is 4.79 Å². The number of hydrogen-bond acceptors (Lipinski definition) is 2. The van der Waals surface area contributed by atoms with Crippen molar-refractivity contribution < 1.29 is 14.0 Å². The van der Waals surface area contributed by atoms with Crippen LogP contribution < -0.4 is 0 Å². The molecule has 0 N–H and O–H groups in total. The lowest BCUT2D eigenvalue weighted by atomic mass is 9.49. The van der Waals surface area contributed by atoms with Crippen molar-refractivity contribution in [3.63, 3.8) is 0 Å². The van der Waals surface area contributed by atoms with Crippen LogP contribution >= 0.6 is 0 Å². The van der Waals surface area contributed by atoms with Gasteiger partial charge in [-0.25, -0.2) is 0 Å². The Morgan fingerprint density at radius 2 is 1.57 bits per heavy atom. The summed E-state index contributed by atoms with van der Waals surface area (Å²) in [7, 11) is 2.36. The van der Waals surface area contributed by atoms with Gasteiger partial charge >= 0.3 is 5.97 Å². The Balaban J connectivity index is 1.72. The van der Waals surface area contributed by atoms with E-state index in [4.69, 9.17) is 4.74 Å². The zero-order valence-electron chi connectivity index (χ0n) is 15.6. The summed E-state index contributed by atoms with van der Waals surface area (Å²) in [6, 6.07) is 0. The van der Waals surface area contributed by atoms with Gasteiger partial charge in [0, 0.05) is 13.3 Å². The summed E-state index contributed by atoms with van der Waals surface area (Å²) in [5.74, 6) is 3.08. The molecule has 4 rings (SSSR count). The van der Waals surface area contributed by atoms with Crippen LogP contribution in [0.25, 0.3) is 0 Å². The topological polar surface area (TPSA) is 26.3 Å². The maximum absolute atomic E-state index is 11.9. The molecule has 0 aromatic carbocycles. The molecule has 4 fully saturated rings. The van der Waals surface area contributed by atoms with Crippen LogP contribution in [0.4, 0.5) is 0 Å². The molecule has 4 saturated carbocycles. The number of quaternary nitrogens is 1. The van der Waals surface area contributed by atoms with Crippen molar-refractivity contribution in [1.29, 1.82) is 0 Å². The van der Waals surface area contributed by atoms with Gasteiger partial charge in [-0.1, -0.05) is 0 Å². The van der Waals surface area contributed by atoms with E-state index in [0.29, 0.717) is 11.8 Å². The van der Waals surface area contributed by atoms with Crippen LogP contribution in [-0.4, -0.2) is 42.7 Å². The average Bonchev–Trinajstić information content (AvgIpc) is 2.51. The highest BCUT2D eigenvalue weighted by atomic mass is 16.6.